The van der Waals surface area contributed by atoms with E-state index in [-0.39, 0.29) is 5.97 Å². The average Bonchev–Trinajstić information content (AvgIpc) is 2.52. The number of ether oxygens (including phenoxy) is 1. The molecule has 124 valence electrons. The molecule has 1 fully saturated rings. The topological polar surface area (TPSA) is 41.6 Å². The highest BCUT2D eigenvalue weighted by Crippen LogP contribution is 2.22. The molecule has 0 bridgehead atoms. The molecule has 0 saturated heterocycles. The molecule has 0 spiro atoms. The molecule has 0 aromatic rings. The lowest BCUT2D eigenvalue weighted by atomic mass is 9.93. The number of carbonyl (C=O) groups is 1. The Balaban J connectivity index is 2.26. The van der Waals surface area contributed by atoms with Gasteiger partial charge in [-0.3, -0.25) is 4.79 Å². The van der Waals surface area contributed by atoms with E-state index in [4.69, 9.17) is 4.74 Å². The lowest BCUT2D eigenvalue weighted by Crippen LogP contribution is -2.48. The van der Waals surface area contributed by atoms with Crippen molar-refractivity contribution in [1.82, 2.24) is 10.2 Å². The largest absolute Gasteiger partial charge is 0.465 e. The van der Waals surface area contributed by atoms with Gasteiger partial charge >= 0.3 is 5.97 Å². The summed E-state index contributed by atoms with van der Waals surface area (Å²) in [6, 6.07) is 0.777. The molecular weight excluding hydrogens is 264 g/mol. The molecule has 0 aromatic carbocycles. The van der Waals surface area contributed by atoms with Crippen LogP contribution in [0.25, 0.3) is 0 Å². The number of unbranched alkanes of at least 4 members (excludes halogenated alkanes) is 1. The highest BCUT2D eigenvalue weighted by atomic mass is 16.5. The lowest BCUT2D eigenvalue weighted by Gasteiger charge is -2.31. The number of likely N-dealkylation sites (N-methyl/N-ethyl adjacent to an activating group) is 1. The van der Waals surface area contributed by atoms with Crippen LogP contribution in [0.2, 0.25) is 0 Å². The maximum atomic E-state index is 12.0. The number of hydrogen-bond acceptors (Lipinski definition) is 4. The molecule has 0 amide bonds. The van der Waals surface area contributed by atoms with Crippen molar-refractivity contribution in [2.75, 3.05) is 27.2 Å². The molecule has 4 nitrogen and oxygen atoms in total. The van der Waals surface area contributed by atoms with Crippen LogP contribution in [0.1, 0.15) is 65.2 Å². The van der Waals surface area contributed by atoms with Gasteiger partial charge in [-0.25, -0.2) is 0 Å². The van der Waals surface area contributed by atoms with Crippen molar-refractivity contribution >= 4 is 5.97 Å². The van der Waals surface area contributed by atoms with Crippen molar-refractivity contribution in [1.29, 1.82) is 0 Å². The molecule has 1 unspecified atom stereocenters. The quantitative estimate of drug-likeness (QED) is 0.525. The highest BCUT2D eigenvalue weighted by Gasteiger charge is 2.32. The van der Waals surface area contributed by atoms with Crippen molar-refractivity contribution in [3.63, 3.8) is 0 Å². The number of hydrogen-bond donors (Lipinski definition) is 1. The van der Waals surface area contributed by atoms with Gasteiger partial charge in [-0.2, -0.15) is 0 Å². The van der Waals surface area contributed by atoms with Crippen LogP contribution in [-0.2, 0) is 9.53 Å². The van der Waals surface area contributed by atoms with Crippen LogP contribution in [0, 0.1) is 0 Å². The van der Waals surface area contributed by atoms with E-state index < -0.39 is 5.54 Å². The van der Waals surface area contributed by atoms with Crippen molar-refractivity contribution in [2.45, 2.75) is 76.8 Å². The molecule has 0 radical (unpaired) electrons. The van der Waals surface area contributed by atoms with Crippen LogP contribution in [0.5, 0.6) is 0 Å². The van der Waals surface area contributed by atoms with E-state index in [1.807, 2.05) is 20.9 Å². The van der Waals surface area contributed by atoms with E-state index in [0.29, 0.717) is 6.61 Å². The van der Waals surface area contributed by atoms with Gasteiger partial charge in [-0.1, -0.05) is 19.3 Å². The maximum Gasteiger partial charge on any atom is 0.326 e. The Bertz CT molecular complexity index is 303. The second-order valence-corrected chi connectivity index (χ2v) is 6.53. The number of esters is 1. The molecule has 21 heavy (non-hydrogen) atoms. The number of nitrogens with zero attached hydrogens (tertiary/aromatic N) is 1. The van der Waals surface area contributed by atoms with Crippen LogP contribution in [0.3, 0.4) is 0 Å². The molecular formula is C17H34N2O2. The minimum atomic E-state index is -0.542. The van der Waals surface area contributed by atoms with Gasteiger partial charge in [0.15, 0.2) is 0 Å². The van der Waals surface area contributed by atoms with E-state index >= 15 is 0 Å². The second-order valence-electron chi connectivity index (χ2n) is 6.53. The Morgan fingerprint density at radius 1 is 1.29 bits per heavy atom. The van der Waals surface area contributed by atoms with Crippen molar-refractivity contribution in [2.24, 2.45) is 0 Å². The predicted molar refractivity (Wildman–Crippen MR) is 87.5 cm³/mol. The third-order valence-electron chi connectivity index (χ3n) is 4.91. The predicted octanol–water partition coefficient (Wildman–Crippen LogP) is 2.96. The summed E-state index contributed by atoms with van der Waals surface area (Å²) in [5, 5.41) is 3.13. The van der Waals surface area contributed by atoms with E-state index in [9.17, 15) is 4.79 Å². The Morgan fingerprint density at radius 3 is 2.52 bits per heavy atom. The first kappa shape index (κ1) is 18.4. The van der Waals surface area contributed by atoms with Gasteiger partial charge in [0, 0.05) is 6.04 Å². The van der Waals surface area contributed by atoms with Crippen molar-refractivity contribution in [3.05, 3.63) is 0 Å². The van der Waals surface area contributed by atoms with E-state index in [1.54, 1.807) is 0 Å². The third-order valence-corrected chi connectivity index (χ3v) is 4.91. The van der Waals surface area contributed by atoms with Crippen molar-refractivity contribution < 1.29 is 9.53 Å². The van der Waals surface area contributed by atoms with Gasteiger partial charge < -0.3 is 15.0 Å². The Kier molecular flexibility index (Phi) is 8.27. The van der Waals surface area contributed by atoms with Crippen LogP contribution in [0.15, 0.2) is 0 Å². The zero-order chi connectivity index (χ0) is 15.7. The van der Waals surface area contributed by atoms with Gasteiger partial charge in [0.1, 0.15) is 5.54 Å². The van der Waals surface area contributed by atoms with Gasteiger partial charge in [0.2, 0.25) is 0 Å². The standard InChI is InChI=1S/C17H34N2O2/c1-5-21-16(20)17(2,18-3)13-9-10-14-19(4)15-11-7-6-8-12-15/h15,18H,5-14H2,1-4H3. The van der Waals surface area contributed by atoms with Crippen LogP contribution >= 0.6 is 0 Å². The first-order valence-electron chi connectivity index (χ1n) is 8.60. The fraction of sp³-hybridized carbons (Fsp3) is 0.941. The van der Waals surface area contributed by atoms with Crippen LogP contribution in [-0.4, -0.2) is 49.7 Å². The van der Waals surface area contributed by atoms with Gasteiger partial charge in [-0.15, -0.1) is 0 Å². The van der Waals surface area contributed by atoms with Crippen molar-refractivity contribution in [3.8, 4) is 0 Å². The maximum absolute atomic E-state index is 12.0. The van der Waals surface area contributed by atoms with E-state index in [1.165, 1.54) is 32.1 Å². The summed E-state index contributed by atoms with van der Waals surface area (Å²) in [4.78, 5) is 14.5. The molecule has 4 heteroatoms. The third kappa shape index (κ3) is 5.95. The fourth-order valence-corrected chi connectivity index (χ4v) is 3.16. The number of carbonyl (C=O) groups excluding carboxylic acids is 1. The SMILES string of the molecule is CCOC(=O)C(C)(CCCCN(C)C1CCCCC1)NC. The first-order chi connectivity index (χ1) is 10.0. The monoisotopic (exact) mass is 298 g/mol. The zero-order valence-electron chi connectivity index (χ0n) is 14.4. The van der Waals surface area contributed by atoms with Gasteiger partial charge in [-0.05, 0) is 66.6 Å². The summed E-state index contributed by atoms with van der Waals surface area (Å²) in [5.41, 5.74) is -0.542. The molecule has 0 heterocycles. The summed E-state index contributed by atoms with van der Waals surface area (Å²) >= 11 is 0. The van der Waals surface area contributed by atoms with Crippen LogP contribution in [0.4, 0.5) is 0 Å². The van der Waals surface area contributed by atoms with E-state index in [2.05, 4.69) is 17.3 Å². The fourth-order valence-electron chi connectivity index (χ4n) is 3.16. The van der Waals surface area contributed by atoms with Gasteiger partial charge in [0.05, 0.1) is 6.61 Å². The zero-order valence-corrected chi connectivity index (χ0v) is 14.4. The molecule has 1 aliphatic rings. The summed E-state index contributed by atoms with van der Waals surface area (Å²) in [7, 11) is 4.09. The average molecular weight is 298 g/mol. The minimum absolute atomic E-state index is 0.131. The molecule has 1 N–H and O–H groups in total. The summed E-state index contributed by atoms with van der Waals surface area (Å²) in [6.45, 7) is 5.37. The second kappa shape index (κ2) is 9.42. The summed E-state index contributed by atoms with van der Waals surface area (Å²) in [6.07, 6.45) is 9.91. The summed E-state index contributed by atoms with van der Waals surface area (Å²) < 4.78 is 5.16. The summed E-state index contributed by atoms with van der Waals surface area (Å²) in [5.74, 6) is -0.131. The normalized spacial score (nSPS) is 19.5. The molecule has 1 saturated carbocycles. The Labute approximate surface area is 130 Å². The lowest BCUT2D eigenvalue weighted by molar-refractivity contribution is -0.150. The molecule has 1 aliphatic carbocycles. The smallest absolute Gasteiger partial charge is 0.326 e. The number of nitrogens with one attached hydrogen (secondary N) is 1. The van der Waals surface area contributed by atoms with Crippen LogP contribution < -0.4 is 5.32 Å². The molecule has 1 rings (SSSR count). The Hall–Kier alpha value is -0.610. The molecule has 1 atom stereocenters. The first-order valence-corrected chi connectivity index (χ1v) is 8.60. The minimum Gasteiger partial charge on any atom is -0.465 e. The van der Waals surface area contributed by atoms with E-state index in [0.717, 1.165) is 31.8 Å². The highest BCUT2D eigenvalue weighted by molar-refractivity contribution is 5.80. The molecule has 0 aromatic heterocycles. The molecule has 0 aliphatic heterocycles. The van der Waals surface area contributed by atoms with Gasteiger partial charge in [0.25, 0.3) is 0 Å². The Morgan fingerprint density at radius 2 is 1.95 bits per heavy atom. The number of rotatable bonds is 9.